The van der Waals surface area contributed by atoms with Crippen LogP contribution in [0.3, 0.4) is 0 Å². The van der Waals surface area contributed by atoms with Gasteiger partial charge in [-0.25, -0.2) is 8.42 Å². The molecule has 0 saturated carbocycles. The summed E-state index contributed by atoms with van der Waals surface area (Å²) in [5.74, 6) is -1.33. The Kier molecular flexibility index (Phi) is 4.10. The lowest BCUT2D eigenvalue weighted by atomic mass is 9.97. The summed E-state index contributed by atoms with van der Waals surface area (Å²) in [4.78, 5) is 24.4. The van der Waals surface area contributed by atoms with Crippen LogP contribution >= 0.6 is 0 Å². The second-order valence-electron chi connectivity index (χ2n) is 5.00. The van der Waals surface area contributed by atoms with Gasteiger partial charge in [-0.3, -0.25) is 9.59 Å². The number of carboxylic acid groups (broad SMARTS) is 1. The Morgan fingerprint density at radius 1 is 1.16 bits per heavy atom. The molecule has 2 fully saturated rings. The van der Waals surface area contributed by atoms with Gasteiger partial charge in [-0.2, -0.15) is 4.31 Å². The summed E-state index contributed by atoms with van der Waals surface area (Å²) in [5, 5.41) is 8.87. The van der Waals surface area contributed by atoms with Gasteiger partial charge in [0, 0.05) is 19.6 Å². The van der Waals surface area contributed by atoms with Crippen LogP contribution in [0.5, 0.6) is 0 Å². The maximum Gasteiger partial charge on any atom is 0.306 e. The Hall–Kier alpha value is -1.15. The molecule has 19 heavy (non-hydrogen) atoms. The Balaban J connectivity index is 1.87. The van der Waals surface area contributed by atoms with E-state index in [0.29, 0.717) is 38.9 Å². The zero-order valence-corrected chi connectivity index (χ0v) is 11.4. The molecule has 0 unspecified atom stereocenters. The van der Waals surface area contributed by atoms with Gasteiger partial charge in [0.25, 0.3) is 0 Å². The van der Waals surface area contributed by atoms with E-state index in [-0.39, 0.29) is 24.1 Å². The van der Waals surface area contributed by atoms with Crippen molar-refractivity contribution in [1.29, 1.82) is 0 Å². The number of aliphatic carboxylic acids is 1. The fourth-order valence-electron chi connectivity index (χ4n) is 2.50. The van der Waals surface area contributed by atoms with E-state index in [1.54, 1.807) is 4.90 Å². The molecule has 0 aromatic rings. The van der Waals surface area contributed by atoms with Crippen LogP contribution in [0, 0.1) is 5.92 Å². The van der Waals surface area contributed by atoms with Crippen LogP contribution in [0.4, 0.5) is 0 Å². The van der Waals surface area contributed by atoms with Gasteiger partial charge in [-0.15, -0.1) is 0 Å². The summed E-state index contributed by atoms with van der Waals surface area (Å²) in [7, 11) is -3.25. The Labute approximate surface area is 112 Å². The SMILES string of the molecule is O=C(O)C1CCN(C(=O)CN2CCCS2(=O)=O)CC1. The van der Waals surface area contributed by atoms with Gasteiger partial charge in [0.15, 0.2) is 0 Å². The van der Waals surface area contributed by atoms with Crippen molar-refractivity contribution in [3.63, 3.8) is 0 Å². The molecule has 7 nitrogen and oxygen atoms in total. The highest BCUT2D eigenvalue weighted by Crippen LogP contribution is 2.19. The van der Waals surface area contributed by atoms with Crippen LogP contribution in [0.2, 0.25) is 0 Å². The van der Waals surface area contributed by atoms with E-state index in [4.69, 9.17) is 5.11 Å². The molecule has 0 aromatic carbocycles. The van der Waals surface area contributed by atoms with Crippen molar-refractivity contribution in [1.82, 2.24) is 9.21 Å². The molecule has 2 saturated heterocycles. The largest absolute Gasteiger partial charge is 0.481 e. The second kappa shape index (κ2) is 5.46. The van der Waals surface area contributed by atoms with Crippen LogP contribution in [0.15, 0.2) is 0 Å². The molecule has 2 aliphatic rings. The highest BCUT2D eigenvalue weighted by molar-refractivity contribution is 7.89. The molecular formula is C11H18N2O5S. The minimum Gasteiger partial charge on any atom is -0.481 e. The average Bonchev–Trinajstić information content (AvgIpc) is 2.69. The lowest BCUT2D eigenvalue weighted by molar-refractivity contribution is -0.145. The molecule has 0 aliphatic carbocycles. The van der Waals surface area contributed by atoms with E-state index < -0.39 is 16.0 Å². The summed E-state index contributed by atoms with van der Waals surface area (Å²) in [6.07, 6.45) is 1.44. The summed E-state index contributed by atoms with van der Waals surface area (Å²) in [5.41, 5.74) is 0. The zero-order valence-electron chi connectivity index (χ0n) is 10.6. The molecule has 8 heteroatoms. The Bertz CT molecular complexity index is 467. The predicted molar refractivity (Wildman–Crippen MR) is 66.9 cm³/mol. The lowest BCUT2D eigenvalue weighted by Crippen LogP contribution is -2.45. The number of hydrogen-bond donors (Lipinski definition) is 1. The first-order valence-corrected chi connectivity index (χ1v) is 7.99. The zero-order chi connectivity index (χ0) is 14.0. The fraction of sp³-hybridized carbons (Fsp3) is 0.818. The van der Waals surface area contributed by atoms with Gasteiger partial charge in [-0.05, 0) is 19.3 Å². The van der Waals surface area contributed by atoms with Gasteiger partial charge < -0.3 is 10.0 Å². The molecule has 108 valence electrons. The Morgan fingerprint density at radius 3 is 2.26 bits per heavy atom. The smallest absolute Gasteiger partial charge is 0.306 e. The fourth-order valence-corrected chi connectivity index (χ4v) is 3.96. The van der Waals surface area contributed by atoms with Gasteiger partial charge in [0.05, 0.1) is 18.2 Å². The molecule has 0 spiro atoms. The van der Waals surface area contributed by atoms with E-state index in [9.17, 15) is 18.0 Å². The molecule has 0 bridgehead atoms. The quantitative estimate of drug-likeness (QED) is 0.745. The molecule has 0 radical (unpaired) electrons. The highest BCUT2D eigenvalue weighted by atomic mass is 32.2. The average molecular weight is 290 g/mol. The first-order chi connectivity index (χ1) is 8.90. The molecule has 0 aromatic heterocycles. The van der Waals surface area contributed by atoms with Crippen molar-refractivity contribution in [2.75, 3.05) is 31.9 Å². The molecule has 2 rings (SSSR count). The van der Waals surface area contributed by atoms with Crippen molar-refractivity contribution in [2.45, 2.75) is 19.3 Å². The van der Waals surface area contributed by atoms with E-state index >= 15 is 0 Å². The van der Waals surface area contributed by atoms with E-state index in [1.165, 1.54) is 4.31 Å². The Morgan fingerprint density at radius 2 is 1.79 bits per heavy atom. The van der Waals surface area contributed by atoms with Gasteiger partial charge in [0.1, 0.15) is 0 Å². The van der Waals surface area contributed by atoms with Crippen molar-refractivity contribution in [2.24, 2.45) is 5.92 Å². The van der Waals surface area contributed by atoms with Crippen LogP contribution < -0.4 is 0 Å². The van der Waals surface area contributed by atoms with Crippen molar-refractivity contribution in [3.8, 4) is 0 Å². The number of carbonyl (C=O) groups is 2. The number of amides is 1. The van der Waals surface area contributed by atoms with Gasteiger partial charge in [0.2, 0.25) is 15.9 Å². The van der Waals surface area contributed by atoms with Crippen LogP contribution in [0.1, 0.15) is 19.3 Å². The van der Waals surface area contributed by atoms with Crippen LogP contribution in [-0.4, -0.2) is 66.5 Å². The summed E-state index contributed by atoms with van der Waals surface area (Å²) < 4.78 is 24.4. The van der Waals surface area contributed by atoms with Crippen molar-refractivity contribution < 1.29 is 23.1 Å². The monoisotopic (exact) mass is 290 g/mol. The van der Waals surface area contributed by atoms with E-state index in [2.05, 4.69) is 0 Å². The number of hydrogen-bond acceptors (Lipinski definition) is 4. The third-order valence-electron chi connectivity index (χ3n) is 3.71. The molecule has 0 atom stereocenters. The minimum absolute atomic E-state index is 0.111. The maximum atomic E-state index is 12.0. The third kappa shape index (κ3) is 3.24. The van der Waals surface area contributed by atoms with Crippen LogP contribution in [0.25, 0.3) is 0 Å². The number of likely N-dealkylation sites (tertiary alicyclic amines) is 1. The topological polar surface area (TPSA) is 95.0 Å². The molecule has 1 N–H and O–H groups in total. The summed E-state index contributed by atoms with van der Waals surface area (Å²) in [6, 6.07) is 0. The molecule has 2 aliphatic heterocycles. The standard InChI is InChI=1S/C11H18N2O5S/c14-10(8-13-4-1-7-19(13,17)18)12-5-2-9(3-6-12)11(15)16/h9H,1-8H2,(H,15,16). The van der Waals surface area contributed by atoms with Gasteiger partial charge >= 0.3 is 5.97 Å². The summed E-state index contributed by atoms with van der Waals surface area (Å²) in [6.45, 7) is 1.08. The lowest BCUT2D eigenvalue weighted by Gasteiger charge is -2.31. The normalized spacial score (nSPS) is 24.5. The van der Waals surface area contributed by atoms with Crippen LogP contribution in [-0.2, 0) is 19.6 Å². The maximum absolute atomic E-state index is 12.0. The molecule has 1 amide bonds. The molecular weight excluding hydrogens is 272 g/mol. The number of nitrogens with zero attached hydrogens (tertiary/aromatic N) is 2. The van der Waals surface area contributed by atoms with Gasteiger partial charge in [-0.1, -0.05) is 0 Å². The predicted octanol–water partition coefficient (Wildman–Crippen LogP) is -0.655. The minimum atomic E-state index is -3.25. The first kappa shape index (κ1) is 14.3. The third-order valence-corrected chi connectivity index (χ3v) is 5.61. The molecule has 2 heterocycles. The highest BCUT2D eigenvalue weighted by Gasteiger charge is 2.33. The summed E-state index contributed by atoms with van der Waals surface area (Å²) >= 11 is 0. The van der Waals surface area contributed by atoms with E-state index in [1.807, 2.05) is 0 Å². The first-order valence-electron chi connectivity index (χ1n) is 6.38. The number of sulfonamides is 1. The van der Waals surface area contributed by atoms with E-state index in [0.717, 1.165) is 0 Å². The number of rotatable bonds is 3. The number of carboxylic acids is 1. The number of piperidine rings is 1. The van der Waals surface area contributed by atoms with Crippen molar-refractivity contribution in [3.05, 3.63) is 0 Å². The van der Waals surface area contributed by atoms with Crippen molar-refractivity contribution >= 4 is 21.9 Å². The second-order valence-corrected chi connectivity index (χ2v) is 7.08. The number of carbonyl (C=O) groups excluding carboxylic acids is 1.